The summed E-state index contributed by atoms with van der Waals surface area (Å²) in [7, 11) is 0. The first kappa shape index (κ1) is 18.4. The topological polar surface area (TPSA) is 95.9 Å². The molecule has 0 saturated carbocycles. The molecule has 0 aliphatic heterocycles. The van der Waals surface area contributed by atoms with Gasteiger partial charge in [-0.25, -0.2) is 4.79 Å². The summed E-state index contributed by atoms with van der Waals surface area (Å²) in [5, 5.41) is 22.6. The van der Waals surface area contributed by atoms with E-state index in [2.05, 4.69) is 5.32 Å². The second-order valence-electron chi connectivity index (χ2n) is 5.79. The first-order chi connectivity index (χ1) is 10.1. The summed E-state index contributed by atoms with van der Waals surface area (Å²) < 4.78 is 5.02. The molecule has 22 heavy (non-hydrogen) atoms. The lowest BCUT2D eigenvalue weighted by Crippen LogP contribution is -2.38. The number of aliphatic hydroxyl groups is 2. The number of halogens is 1. The Balaban J connectivity index is 2.67. The third kappa shape index (κ3) is 5.63. The van der Waals surface area contributed by atoms with Gasteiger partial charge in [-0.05, 0) is 32.9 Å². The van der Waals surface area contributed by atoms with Gasteiger partial charge in [0.25, 0.3) is 0 Å². The summed E-state index contributed by atoms with van der Waals surface area (Å²) in [6.45, 7) is 4.91. The Morgan fingerprint density at radius 1 is 1.41 bits per heavy atom. The van der Waals surface area contributed by atoms with E-state index < -0.39 is 23.9 Å². The molecule has 0 fully saturated rings. The number of nitrogens with one attached hydrogen (secondary N) is 1. The second kappa shape index (κ2) is 7.58. The van der Waals surface area contributed by atoms with Gasteiger partial charge < -0.3 is 20.3 Å². The quantitative estimate of drug-likeness (QED) is 0.719. The van der Waals surface area contributed by atoms with Gasteiger partial charge >= 0.3 is 6.09 Å². The van der Waals surface area contributed by atoms with Gasteiger partial charge in [-0.2, -0.15) is 0 Å². The van der Waals surface area contributed by atoms with Crippen LogP contribution in [-0.2, 0) is 4.74 Å². The van der Waals surface area contributed by atoms with Crippen molar-refractivity contribution in [3.63, 3.8) is 0 Å². The Morgan fingerprint density at radius 2 is 2.05 bits per heavy atom. The molecule has 0 heterocycles. The summed E-state index contributed by atoms with van der Waals surface area (Å²) in [5.41, 5.74) is -0.120. The summed E-state index contributed by atoms with van der Waals surface area (Å²) in [6.07, 6.45) is -2.74. The van der Waals surface area contributed by atoms with E-state index >= 15 is 0 Å². The zero-order chi connectivity index (χ0) is 16.9. The van der Waals surface area contributed by atoms with Crippen LogP contribution in [0.1, 0.15) is 42.8 Å². The summed E-state index contributed by atoms with van der Waals surface area (Å²) in [5.74, 6) is 0. The number of hydrogen-bond acceptors (Lipinski definition) is 5. The van der Waals surface area contributed by atoms with Crippen molar-refractivity contribution in [2.45, 2.75) is 38.6 Å². The van der Waals surface area contributed by atoms with Gasteiger partial charge in [0.1, 0.15) is 24.1 Å². The lowest BCUT2D eigenvalue weighted by Gasteiger charge is -2.22. The van der Waals surface area contributed by atoms with Crippen molar-refractivity contribution in [3.8, 4) is 0 Å². The number of aldehydes is 1. The minimum atomic E-state index is -1.35. The standard InChI is InChI=1S/C15H20ClNO5/c1-15(2,3)22-14(21)17-7-12(19)13(20)10-6-9(8-18)4-5-11(10)16/h4-6,8,12-13,19-20H,7H2,1-3H3,(H,17,21). The number of carbonyl (C=O) groups excluding carboxylic acids is 2. The number of rotatable bonds is 5. The van der Waals surface area contributed by atoms with E-state index in [9.17, 15) is 19.8 Å². The summed E-state index contributed by atoms with van der Waals surface area (Å²) >= 11 is 5.94. The summed E-state index contributed by atoms with van der Waals surface area (Å²) in [6, 6.07) is 4.34. The van der Waals surface area contributed by atoms with Gasteiger partial charge in [-0.3, -0.25) is 4.79 Å². The third-order valence-corrected chi connectivity index (χ3v) is 3.04. The monoisotopic (exact) mass is 329 g/mol. The average molecular weight is 330 g/mol. The molecule has 1 aromatic rings. The number of ether oxygens (including phenoxy) is 1. The lowest BCUT2D eigenvalue weighted by molar-refractivity contribution is 0.0130. The third-order valence-electron chi connectivity index (χ3n) is 2.69. The van der Waals surface area contributed by atoms with Crippen molar-refractivity contribution in [1.82, 2.24) is 5.32 Å². The van der Waals surface area contributed by atoms with Crippen molar-refractivity contribution in [2.75, 3.05) is 6.54 Å². The smallest absolute Gasteiger partial charge is 0.407 e. The molecule has 7 heteroatoms. The number of hydrogen-bond donors (Lipinski definition) is 3. The van der Waals surface area contributed by atoms with Crippen LogP contribution in [-0.4, -0.2) is 40.8 Å². The molecule has 2 unspecified atom stereocenters. The van der Waals surface area contributed by atoms with Crippen molar-refractivity contribution in [3.05, 3.63) is 34.3 Å². The molecule has 2 atom stereocenters. The highest BCUT2D eigenvalue weighted by Gasteiger charge is 2.23. The van der Waals surface area contributed by atoms with Crippen LogP contribution in [0.4, 0.5) is 4.79 Å². The number of alkyl carbamates (subject to hydrolysis) is 1. The zero-order valence-electron chi connectivity index (χ0n) is 12.7. The van der Waals surface area contributed by atoms with Gasteiger partial charge in [-0.1, -0.05) is 17.7 Å². The molecular formula is C15H20ClNO5. The molecule has 6 nitrogen and oxygen atoms in total. The van der Waals surface area contributed by atoms with Crippen molar-refractivity contribution in [2.24, 2.45) is 0 Å². The maximum atomic E-state index is 11.5. The van der Waals surface area contributed by atoms with Crippen LogP contribution >= 0.6 is 11.6 Å². The van der Waals surface area contributed by atoms with Crippen molar-refractivity contribution < 1.29 is 24.5 Å². The highest BCUT2D eigenvalue weighted by Crippen LogP contribution is 2.26. The molecule has 0 spiro atoms. The number of amides is 1. The van der Waals surface area contributed by atoms with Crippen molar-refractivity contribution >= 4 is 24.0 Å². The Hall–Kier alpha value is -1.63. The fourth-order valence-electron chi connectivity index (χ4n) is 1.68. The molecular weight excluding hydrogens is 310 g/mol. The van der Waals surface area contributed by atoms with E-state index in [1.165, 1.54) is 18.2 Å². The molecule has 0 aliphatic rings. The normalized spacial score (nSPS) is 14.1. The molecule has 122 valence electrons. The molecule has 1 amide bonds. The number of benzene rings is 1. The highest BCUT2D eigenvalue weighted by molar-refractivity contribution is 6.31. The van der Waals surface area contributed by atoms with E-state index in [4.69, 9.17) is 16.3 Å². The SMILES string of the molecule is CC(C)(C)OC(=O)NCC(O)C(O)c1cc(C=O)ccc1Cl. The van der Waals surface area contributed by atoms with E-state index in [1.807, 2.05) is 0 Å². The second-order valence-corrected chi connectivity index (χ2v) is 6.20. The first-order valence-electron chi connectivity index (χ1n) is 6.71. The Labute approximate surface area is 134 Å². The predicted molar refractivity (Wildman–Crippen MR) is 82.0 cm³/mol. The largest absolute Gasteiger partial charge is 0.444 e. The van der Waals surface area contributed by atoms with Gasteiger partial charge in [0, 0.05) is 22.7 Å². The van der Waals surface area contributed by atoms with Crippen LogP contribution < -0.4 is 5.32 Å². The minimum Gasteiger partial charge on any atom is -0.444 e. The van der Waals surface area contributed by atoms with Gasteiger partial charge in [-0.15, -0.1) is 0 Å². The van der Waals surface area contributed by atoms with Crippen LogP contribution in [0.5, 0.6) is 0 Å². The van der Waals surface area contributed by atoms with Gasteiger partial charge in [0.05, 0.1) is 0 Å². The van der Waals surface area contributed by atoms with Crippen LogP contribution in [0.3, 0.4) is 0 Å². The molecule has 0 radical (unpaired) electrons. The molecule has 0 aliphatic carbocycles. The van der Waals surface area contributed by atoms with Crippen LogP contribution in [0.15, 0.2) is 18.2 Å². The van der Waals surface area contributed by atoms with E-state index in [1.54, 1.807) is 20.8 Å². The molecule has 0 aromatic heterocycles. The summed E-state index contributed by atoms with van der Waals surface area (Å²) in [4.78, 5) is 22.2. The maximum absolute atomic E-state index is 11.5. The van der Waals surface area contributed by atoms with Crippen LogP contribution in [0.2, 0.25) is 5.02 Å². The Morgan fingerprint density at radius 3 is 2.59 bits per heavy atom. The number of carbonyl (C=O) groups is 2. The highest BCUT2D eigenvalue weighted by atomic mass is 35.5. The van der Waals surface area contributed by atoms with Crippen LogP contribution in [0.25, 0.3) is 0 Å². The molecule has 0 saturated heterocycles. The molecule has 3 N–H and O–H groups in total. The van der Waals surface area contributed by atoms with Gasteiger partial charge in [0.15, 0.2) is 0 Å². The van der Waals surface area contributed by atoms with E-state index in [-0.39, 0.29) is 17.1 Å². The van der Waals surface area contributed by atoms with Crippen molar-refractivity contribution in [1.29, 1.82) is 0 Å². The molecule has 0 bridgehead atoms. The minimum absolute atomic E-state index is 0.213. The first-order valence-corrected chi connectivity index (χ1v) is 7.09. The van der Waals surface area contributed by atoms with E-state index in [0.717, 1.165) is 0 Å². The Kier molecular flexibility index (Phi) is 6.34. The molecule has 1 aromatic carbocycles. The Bertz CT molecular complexity index is 541. The van der Waals surface area contributed by atoms with E-state index in [0.29, 0.717) is 11.8 Å². The van der Waals surface area contributed by atoms with Crippen LogP contribution in [0, 0.1) is 0 Å². The number of aliphatic hydroxyl groups excluding tert-OH is 2. The average Bonchev–Trinajstić information content (AvgIpc) is 2.42. The zero-order valence-corrected chi connectivity index (χ0v) is 13.4. The predicted octanol–water partition coefficient (Wildman–Crippen LogP) is 2.07. The maximum Gasteiger partial charge on any atom is 0.407 e. The lowest BCUT2D eigenvalue weighted by atomic mass is 10.0. The molecule has 1 rings (SSSR count). The fourth-order valence-corrected chi connectivity index (χ4v) is 1.91. The fraction of sp³-hybridized carbons (Fsp3) is 0.467. The van der Waals surface area contributed by atoms with Gasteiger partial charge in [0.2, 0.25) is 0 Å².